The number of benzene rings is 2. The predicted octanol–water partition coefficient (Wildman–Crippen LogP) is 4.94. The van der Waals surface area contributed by atoms with E-state index in [1.165, 1.54) is 5.56 Å². The van der Waals surface area contributed by atoms with E-state index in [9.17, 15) is 4.79 Å². The molecule has 3 nitrogen and oxygen atoms in total. The first-order valence-electron chi connectivity index (χ1n) is 7.86. The number of rotatable bonds is 7. The topological polar surface area (TPSA) is 38.3 Å². The average molecular weight is 376 g/mol. The maximum Gasteiger partial charge on any atom is 0.407 e. The number of nitrogens with one attached hydrogen (secondary N) is 1. The zero-order valence-electron chi connectivity index (χ0n) is 13.3. The summed E-state index contributed by atoms with van der Waals surface area (Å²) in [5.74, 6) is 0.397. The van der Waals surface area contributed by atoms with Gasteiger partial charge in [0.25, 0.3) is 0 Å². The molecular weight excluding hydrogens is 354 g/mol. The first-order chi connectivity index (χ1) is 11.2. The Balaban J connectivity index is 1.75. The van der Waals surface area contributed by atoms with Gasteiger partial charge in [0.2, 0.25) is 0 Å². The van der Waals surface area contributed by atoms with Gasteiger partial charge >= 0.3 is 6.09 Å². The second-order valence-electron chi connectivity index (χ2n) is 5.55. The van der Waals surface area contributed by atoms with Crippen molar-refractivity contribution >= 4 is 22.0 Å². The highest BCUT2D eigenvalue weighted by molar-refractivity contribution is 9.10. The Bertz CT molecular complexity index is 616. The highest BCUT2D eigenvalue weighted by Gasteiger charge is 2.10. The molecule has 0 aliphatic heterocycles. The second kappa shape index (κ2) is 9.36. The molecule has 0 fully saturated rings. The Hall–Kier alpha value is -1.81. The molecule has 0 bridgehead atoms. The lowest BCUT2D eigenvalue weighted by Gasteiger charge is -2.16. The van der Waals surface area contributed by atoms with Gasteiger partial charge in [-0.1, -0.05) is 71.7 Å². The zero-order valence-corrected chi connectivity index (χ0v) is 14.9. The summed E-state index contributed by atoms with van der Waals surface area (Å²) in [6.07, 6.45) is 1.59. The van der Waals surface area contributed by atoms with Crippen LogP contribution in [0.5, 0.6) is 0 Å². The van der Waals surface area contributed by atoms with Gasteiger partial charge < -0.3 is 10.1 Å². The van der Waals surface area contributed by atoms with E-state index in [2.05, 4.69) is 40.3 Å². The first-order valence-corrected chi connectivity index (χ1v) is 8.65. The Morgan fingerprint density at radius 3 is 2.57 bits per heavy atom. The molecule has 2 aromatic rings. The summed E-state index contributed by atoms with van der Waals surface area (Å²) in [4.78, 5) is 11.8. The average Bonchev–Trinajstić information content (AvgIpc) is 2.57. The van der Waals surface area contributed by atoms with Gasteiger partial charge in [-0.05, 0) is 35.6 Å². The van der Waals surface area contributed by atoms with Gasteiger partial charge in [-0.25, -0.2) is 4.79 Å². The van der Waals surface area contributed by atoms with Crippen molar-refractivity contribution in [2.24, 2.45) is 5.92 Å². The predicted molar refractivity (Wildman–Crippen MR) is 96.3 cm³/mol. The van der Waals surface area contributed by atoms with Crippen molar-refractivity contribution in [1.82, 2.24) is 5.32 Å². The van der Waals surface area contributed by atoms with Crippen molar-refractivity contribution in [3.63, 3.8) is 0 Å². The summed E-state index contributed by atoms with van der Waals surface area (Å²) in [5, 5.41) is 2.87. The van der Waals surface area contributed by atoms with Gasteiger partial charge in [-0.3, -0.25) is 0 Å². The largest absolute Gasteiger partial charge is 0.445 e. The van der Waals surface area contributed by atoms with Crippen LogP contribution in [0.3, 0.4) is 0 Å². The number of carbonyl (C=O) groups excluding carboxylic acids is 1. The Morgan fingerprint density at radius 1 is 1.13 bits per heavy atom. The van der Waals surface area contributed by atoms with E-state index in [0.717, 1.165) is 22.9 Å². The van der Waals surface area contributed by atoms with Crippen molar-refractivity contribution in [3.8, 4) is 0 Å². The third kappa shape index (κ3) is 6.45. The first kappa shape index (κ1) is 17.5. The van der Waals surface area contributed by atoms with Gasteiger partial charge in [-0.15, -0.1) is 0 Å². The molecule has 1 N–H and O–H groups in total. The van der Waals surface area contributed by atoms with E-state index in [0.29, 0.717) is 19.1 Å². The number of halogens is 1. The summed E-state index contributed by atoms with van der Waals surface area (Å²) in [6, 6.07) is 18.0. The van der Waals surface area contributed by atoms with Crippen LogP contribution in [0.4, 0.5) is 4.79 Å². The van der Waals surface area contributed by atoms with E-state index in [1.807, 2.05) is 42.5 Å². The van der Waals surface area contributed by atoms with Gasteiger partial charge in [0.05, 0.1) is 0 Å². The van der Waals surface area contributed by atoms with E-state index < -0.39 is 0 Å². The number of amides is 1. The molecule has 122 valence electrons. The van der Waals surface area contributed by atoms with Crippen molar-refractivity contribution < 1.29 is 9.53 Å². The SMILES string of the molecule is CCC(CNC(=O)OCc1ccccc1)Cc1cccc(Br)c1. The van der Waals surface area contributed by atoms with Gasteiger partial charge in [0, 0.05) is 11.0 Å². The van der Waals surface area contributed by atoms with Crippen molar-refractivity contribution in [3.05, 3.63) is 70.2 Å². The molecule has 2 aromatic carbocycles. The van der Waals surface area contributed by atoms with Crippen molar-refractivity contribution in [2.75, 3.05) is 6.54 Å². The van der Waals surface area contributed by atoms with Crippen LogP contribution in [-0.4, -0.2) is 12.6 Å². The number of carbonyl (C=O) groups is 1. The summed E-state index contributed by atoms with van der Waals surface area (Å²) in [5.41, 5.74) is 2.26. The third-order valence-corrected chi connectivity index (χ3v) is 4.23. The second-order valence-corrected chi connectivity index (χ2v) is 6.47. The third-order valence-electron chi connectivity index (χ3n) is 3.74. The minimum atomic E-state index is -0.360. The maximum absolute atomic E-state index is 11.8. The molecular formula is C19H22BrNO2. The molecule has 23 heavy (non-hydrogen) atoms. The Labute approximate surface area is 146 Å². The van der Waals surface area contributed by atoms with Crippen molar-refractivity contribution in [2.45, 2.75) is 26.4 Å². The molecule has 1 amide bonds. The smallest absolute Gasteiger partial charge is 0.407 e. The fourth-order valence-corrected chi connectivity index (χ4v) is 2.81. The zero-order chi connectivity index (χ0) is 16.5. The van der Waals surface area contributed by atoms with Crippen LogP contribution >= 0.6 is 15.9 Å². The molecule has 1 atom stereocenters. The normalized spacial score (nSPS) is 11.7. The molecule has 0 saturated carbocycles. The molecule has 0 spiro atoms. The Morgan fingerprint density at radius 2 is 1.87 bits per heavy atom. The molecule has 1 unspecified atom stereocenters. The van der Waals surface area contributed by atoms with Crippen LogP contribution in [-0.2, 0) is 17.8 Å². The summed E-state index contributed by atoms with van der Waals surface area (Å²) >= 11 is 3.49. The van der Waals surface area contributed by atoms with E-state index >= 15 is 0 Å². The highest BCUT2D eigenvalue weighted by atomic mass is 79.9. The van der Waals surface area contributed by atoms with E-state index in [4.69, 9.17) is 4.74 Å². The minimum absolute atomic E-state index is 0.301. The molecule has 0 saturated heterocycles. The minimum Gasteiger partial charge on any atom is -0.445 e. The Kier molecular flexibility index (Phi) is 7.14. The quantitative estimate of drug-likeness (QED) is 0.743. The lowest BCUT2D eigenvalue weighted by atomic mass is 9.97. The van der Waals surface area contributed by atoms with Crippen LogP contribution in [0.1, 0.15) is 24.5 Å². The molecule has 0 radical (unpaired) electrons. The lowest BCUT2D eigenvalue weighted by molar-refractivity contribution is 0.138. The summed E-state index contributed by atoms with van der Waals surface area (Å²) in [7, 11) is 0. The van der Waals surface area contributed by atoms with E-state index in [-0.39, 0.29) is 6.09 Å². The molecule has 0 heterocycles. The fourth-order valence-electron chi connectivity index (χ4n) is 2.36. The maximum atomic E-state index is 11.8. The van der Waals surface area contributed by atoms with Gasteiger partial charge in [-0.2, -0.15) is 0 Å². The number of alkyl carbamates (subject to hydrolysis) is 1. The molecule has 0 aliphatic rings. The molecule has 2 rings (SSSR count). The molecule has 4 heteroatoms. The van der Waals surface area contributed by atoms with Gasteiger partial charge in [0.1, 0.15) is 6.61 Å². The van der Waals surface area contributed by atoms with Gasteiger partial charge in [0.15, 0.2) is 0 Å². The molecule has 0 aromatic heterocycles. The monoisotopic (exact) mass is 375 g/mol. The summed E-state index contributed by atoms with van der Waals surface area (Å²) in [6.45, 7) is 3.06. The van der Waals surface area contributed by atoms with Crippen molar-refractivity contribution in [1.29, 1.82) is 0 Å². The van der Waals surface area contributed by atoms with Crippen LogP contribution < -0.4 is 5.32 Å². The lowest BCUT2D eigenvalue weighted by Crippen LogP contribution is -2.30. The van der Waals surface area contributed by atoms with Crippen LogP contribution in [0.25, 0.3) is 0 Å². The standard InChI is InChI=1S/C19H22BrNO2/c1-2-15(11-17-9-6-10-18(20)12-17)13-21-19(22)23-14-16-7-4-3-5-8-16/h3-10,12,15H,2,11,13-14H2,1H3,(H,21,22). The fraction of sp³-hybridized carbons (Fsp3) is 0.316. The van der Waals surface area contributed by atoms with Crippen LogP contribution in [0.15, 0.2) is 59.1 Å². The van der Waals surface area contributed by atoms with E-state index in [1.54, 1.807) is 0 Å². The number of ether oxygens (including phenoxy) is 1. The molecule has 0 aliphatic carbocycles. The van der Waals surface area contributed by atoms with Crippen LogP contribution in [0.2, 0.25) is 0 Å². The number of hydrogen-bond donors (Lipinski definition) is 1. The summed E-state index contributed by atoms with van der Waals surface area (Å²) < 4.78 is 6.32. The number of hydrogen-bond acceptors (Lipinski definition) is 2. The highest BCUT2D eigenvalue weighted by Crippen LogP contribution is 2.16. The van der Waals surface area contributed by atoms with Crippen LogP contribution in [0, 0.1) is 5.92 Å².